The lowest BCUT2D eigenvalue weighted by molar-refractivity contribution is 0.0931. The third kappa shape index (κ3) is 3.42. The standard InChI is InChI=1S/C12H24N2O2S/c13-7-6-11-4-1-2-8-14(11)12-5-3-9-17(15,16)10-12/h11-12H,1-10,13H2. The van der Waals surface area contributed by atoms with Crippen molar-refractivity contribution in [2.45, 2.75) is 50.6 Å². The highest BCUT2D eigenvalue weighted by molar-refractivity contribution is 7.91. The molecule has 2 aliphatic rings. The SMILES string of the molecule is NCCC1CCCCN1C1CCCS(=O)(=O)C1. The van der Waals surface area contributed by atoms with Crippen LogP contribution in [-0.2, 0) is 9.84 Å². The van der Waals surface area contributed by atoms with E-state index in [1.54, 1.807) is 0 Å². The van der Waals surface area contributed by atoms with Gasteiger partial charge in [-0.3, -0.25) is 4.90 Å². The van der Waals surface area contributed by atoms with E-state index in [9.17, 15) is 8.42 Å². The summed E-state index contributed by atoms with van der Waals surface area (Å²) in [6.07, 6.45) is 6.54. The van der Waals surface area contributed by atoms with Gasteiger partial charge in [0.05, 0.1) is 11.5 Å². The Morgan fingerprint density at radius 1 is 1.18 bits per heavy atom. The molecule has 0 aliphatic carbocycles. The van der Waals surface area contributed by atoms with Gasteiger partial charge in [-0.05, 0) is 45.2 Å². The number of likely N-dealkylation sites (tertiary alicyclic amines) is 1. The highest BCUT2D eigenvalue weighted by Gasteiger charge is 2.33. The molecule has 0 radical (unpaired) electrons. The minimum Gasteiger partial charge on any atom is -0.330 e. The van der Waals surface area contributed by atoms with E-state index in [0.29, 0.717) is 24.1 Å². The van der Waals surface area contributed by atoms with Gasteiger partial charge in [0.15, 0.2) is 9.84 Å². The molecule has 0 saturated carbocycles. The summed E-state index contributed by atoms with van der Waals surface area (Å²) < 4.78 is 23.4. The molecule has 100 valence electrons. The number of nitrogens with two attached hydrogens (primary N) is 1. The molecule has 2 unspecified atom stereocenters. The zero-order valence-electron chi connectivity index (χ0n) is 10.5. The summed E-state index contributed by atoms with van der Waals surface area (Å²) in [5.74, 6) is 0.757. The lowest BCUT2D eigenvalue weighted by Crippen LogP contribution is -2.51. The van der Waals surface area contributed by atoms with Crippen LogP contribution in [0.15, 0.2) is 0 Å². The van der Waals surface area contributed by atoms with Crippen LogP contribution in [0, 0.1) is 0 Å². The molecule has 2 saturated heterocycles. The van der Waals surface area contributed by atoms with Gasteiger partial charge in [-0.25, -0.2) is 8.42 Å². The van der Waals surface area contributed by atoms with Crippen LogP contribution in [0.3, 0.4) is 0 Å². The van der Waals surface area contributed by atoms with Crippen LogP contribution < -0.4 is 5.73 Å². The quantitative estimate of drug-likeness (QED) is 0.814. The van der Waals surface area contributed by atoms with Crippen molar-refractivity contribution >= 4 is 9.84 Å². The van der Waals surface area contributed by atoms with Crippen molar-refractivity contribution < 1.29 is 8.42 Å². The smallest absolute Gasteiger partial charge is 0.151 e. The zero-order valence-corrected chi connectivity index (χ0v) is 11.3. The summed E-state index contributed by atoms with van der Waals surface area (Å²) in [5.41, 5.74) is 5.66. The van der Waals surface area contributed by atoms with E-state index in [4.69, 9.17) is 5.73 Å². The molecule has 2 heterocycles. The largest absolute Gasteiger partial charge is 0.330 e. The zero-order chi connectivity index (χ0) is 12.3. The van der Waals surface area contributed by atoms with Crippen molar-refractivity contribution in [3.8, 4) is 0 Å². The summed E-state index contributed by atoms with van der Waals surface area (Å²) >= 11 is 0. The average molecular weight is 260 g/mol. The normalized spacial score (nSPS) is 34.6. The first-order valence-corrected chi connectivity index (χ1v) is 8.61. The van der Waals surface area contributed by atoms with Gasteiger partial charge >= 0.3 is 0 Å². The maximum absolute atomic E-state index is 11.7. The van der Waals surface area contributed by atoms with Gasteiger partial charge in [-0.2, -0.15) is 0 Å². The third-order valence-electron chi connectivity index (χ3n) is 4.08. The number of rotatable bonds is 3. The predicted molar refractivity (Wildman–Crippen MR) is 69.7 cm³/mol. The van der Waals surface area contributed by atoms with Crippen LogP contribution in [0.1, 0.15) is 38.5 Å². The molecule has 2 rings (SSSR count). The van der Waals surface area contributed by atoms with E-state index in [1.165, 1.54) is 19.3 Å². The minimum atomic E-state index is -2.79. The first-order valence-electron chi connectivity index (χ1n) is 6.78. The monoisotopic (exact) mass is 260 g/mol. The molecule has 5 heteroatoms. The molecule has 0 aromatic carbocycles. The van der Waals surface area contributed by atoms with Gasteiger partial charge in [0.1, 0.15) is 0 Å². The van der Waals surface area contributed by atoms with E-state index in [2.05, 4.69) is 4.90 Å². The lowest BCUT2D eigenvalue weighted by atomic mass is 9.96. The topological polar surface area (TPSA) is 63.4 Å². The molecule has 2 fully saturated rings. The summed E-state index contributed by atoms with van der Waals surface area (Å²) in [6.45, 7) is 1.77. The minimum absolute atomic E-state index is 0.255. The van der Waals surface area contributed by atoms with Gasteiger partial charge in [0.25, 0.3) is 0 Å². The molecule has 0 aromatic heterocycles. The Morgan fingerprint density at radius 2 is 2.00 bits per heavy atom. The van der Waals surface area contributed by atoms with Gasteiger partial charge < -0.3 is 5.73 Å². The van der Waals surface area contributed by atoms with Crippen LogP contribution in [0.5, 0.6) is 0 Å². The number of hydrogen-bond donors (Lipinski definition) is 1. The Kier molecular flexibility index (Phi) is 4.44. The van der Waals surface area contributed by atoms with Crippen molar-refractivity contribution in [1.29, 1.82) is 0 Å². The number of hydrogen-bond acceptors (Lipinski definition) is 4. The Morgan fingerprint density at radius 3 is 2.71 bits per heavy atom. The van der Waals surface area contributed by atoms with E-state index in [0.717, 1.165) is 25.8 Å². The summed E-state index contributed by atoms with van der Waals surface area (Å²) in [7, 11) is -2.79. The lowest BCUT2D eigenvalue weighted by Gasteiger charge is -2.42. The average Bonchev–Trinajstić information content (AvgIpc) is 2.29. The van der Waals surface area contributed by atoms with Crippen LogP contribution in [-0.4, -0.2) is 50.0 Å². The van der Waals surface area contributed by atoms with Crippen LogP contribution in [0.25, 0.3) is 0 Å². The van der Waals surface area contributed by atoms with E-state index >= 15 is 0 Å². The fourth-order valence-electron chi connectivity index (χ4n) is 3.27. The number of sulfone groups is 1. The Balaban J connectivity index is 2.03. The Labute approximate surface area is 104 Å². The third-order valence-corrected chi connectivity index (χ3v) is 5.88. The van der Waals surface area contributed by atoms with E-state index in [1.807, 2.05) is 0 Å². The second-order valence-corrected chi connectivity index (χ2v) is 7.60. The van der Waals surface area contributed by atoms with Crippen LogP contribution in [0.4, 0.5) is 0 Å². The van der Waals surface area contributed by atoms with Crippen LogP contribution >= 0.6 is 0 Å². The summed E-state index contributed by atoms with van der Waals surface area (Å²) in [4.78, 5) is 2.44. The fourth-order valence-corrected chi connectivity index (χ4v) is 4.98. The Bertz CT molecular complexity index is 340. The maximum atomic E-state index is 11.7. The predicted octanol–water partition coefficient (Wildman–Crippen LogP) is 0.767. The van der Waals surface area contributed by atoms with E-state index < -0.39 is 9.84 Å². The molecule has 2 N–H and O–H groups in total. The van der Waals surface area contributed by atoms with E-state index in [-0.39, 0.29) is 6.04 Å². The van der Waals surface area contributed by atoms with Gasteiger partial charge in [-0.1, -0.05) is 6.42 Å². The summed E-state index contributed by atoms with van der Waals surface area (Å²) in [6, 6.07) is 0.776. The molecular formula is C12H24N2O2S. The molecule has 0 aromatic rings. The maximum Gasteiger partial charge on any atom is 0.151 e. The van der Waals surface area contributed by atoms with Crippen molar-refractivity contribution in [3.05, 3.63) is 0 Å². The van der Waals surface area contributed by atoms with Gasteiger partial charge in [-0.15, -0.1) is 0 Å². The van der Waals surface area contributed by atoms with Crippen molar-refractivity contribution in [2.24, 2.45) is 5.73 Å². The molecule has 17 heavy (non-hydrogen) atoms. The number of piperidine rings is 1. The van der Waals surface area contributed by atoms with Crippen LogP contribution in [0.2, 0.25) is 0 Å². The fraction of sp³-hybridized carbons (Fsp3) is 1.00. The molecule has 0 bridgehead atoms. The van der Waals surface area contributed by atoms with Gasteiger partial charge in [0.2, 0.25) is 0 Å². The second kappa shape index (κ2) is 5.67. The first kappa shape index (κ1) is 13.3. The molecule has 0 spiro atoms. The molecule has 4 nitrogen and oxygen atoms in total. The molecule has 2 aliphatic heterocycles. The first-order chi connectivity index (χ1) is 8.12. The van der Waals surface area contributed by atoms with Crippen molar-refractivity contribution in [3.63, 3.8) is 0 Å². The highest BCUT2D eigenvalue weighted by Crippen LogP contribution is 2.26. The Hall–Kier alpha value is -0.130. The molecular weight excluding hydrogens is 236 g/mol. The number of nitrogens with zero attached hydrogens (tertiary/aromatic N) is 1. The highest BCUT2D eigenvalue weighted by atomic mass is 32.2. The summed E-state index contributed by atoms with van der Waals surface area (Å²) in [5, 5.41) is 0. The molecule has 2 atom stereocenters. The van der Waals surface area contributed by atoms with Crippen molar-refractivity contribution in [1.82, 2.24) is 4.90 Å². The second-order valence-electron chi connectivity index (χ2n) is 5.38. The van der Waals surface area contributed by atoms with Crippen molar-refractivity contribution in [2.75, 3.05) is 24.6 Å². The van der Waals surface area contributed by atoms with Gasteiger partial charge in [0, 0.05) is 12.1 Å². The molecule has 0 amide bonds.